The number of nitrogens with one attached hydrogen (secondary N) is 1. The molecule has 0 aromatic carbocycles. The van der Waals surface area contributed by atoms with Crippen LogP contribution in [-0.4, -0.2) is 51.0 Å². The van der Waals surface area contributed by atoms with Gasteiger partial charge in [0.25, 0.3) is 0 Å². The predicted molar refractivity (Wildman–Crippen MR) is 87.5 cm³/mol. The maximum atomic E-state index is 12.9. The zero-order valence-corrected chi connectivity index (χ0v) is 15.3. The molecule has 1 aromatic rings. The van der Waals surface area contributed by atoms with Crippen molar-refractivity contribution in [3.8, 4) is 0 Å². The zero-order chi connectivity index (χ0) is 16.5. The lowest BCUT2D eigenvalue weighted by Crippen LogP contribution is -2.57. The summed E-state index contributed by atoms with van der Waals surface area (Å²) >= 11 is 0. The van der Waals surface area contributed by atoms with E-state index in [1.54, 1.807) is 6.92 Å². The molecule has 2 atom stereocenters. The SMILES string of the molecule is CCc1oc(C(=O)OC)cc1S(=O)(=O)N1CCNC(C)C1C.Cl. The van der Waals surface area contributed by atoms with Crippen LogP contribution in [0.15, 0.2) is 15.4 Å². The molecule has 0 amide bonds. The number of hydrogen-bond acceptors (Lipinski definition) is 6. The number of piperazine rings is 1. The Kier molecular flexibility index (Phi) is 6.64. The van der Waals surface area contributed by atoms with Crippen molar-refractivity contribution in [2.75, 3.05) is 20.2 Å². The average molecular weight is 367 g/mol. The highest BCUT2D eigenvalue weighted by atomic mass is 35.5. The Morgan fingerprint density at radius 1 is 1.48 bits per heavy atom. The number of esters is 1. The van der Waals surface area contributed by atoms with E-state index >= 15 is 0 Å². The van der Waals surface area contributed by atoms with Gasteiger partial charge in [0.15, 0.2) is 0 Å². The van der Waals surface area contributed by atoms with E-state index in [1.165, 1.54) is 17.5 Å². The van der Waals surface area contributed by atoms with Crippen LogP contribution >= 0.6 is 12.4 Å². The van der Waals surface area contributed by atoms with Crippen LogP contribution in [0.3, 0.4) is 0 Å². The number of furan rings is 1. The standard InChI is InChI=1S/C14H22N2O5S.ClH/c1-5-11-13(8-12(21-11)14(17)20-4)22(18,19)16-7-6-15-9(2)10(16)3;/h8-10,15H,5-7H2,1-4H3;1H. The molecule has 0 bridgehead atoms. The second-order valence-electron chi connectivity index (χ2n) is 5.34. The lowest BCUT2D eigenvalue weighted by Gasteiger charge is -2.37. The number of sulfonamides is 1. The first-order chi connectivity index (χ1) is 10.3. The van der Waals surface area contributed by atoms with Crippen molar-refractivity contribution in [2.24, 2.45) is 0 Å². The Hall–Kier alpha value is -1.09. The number of aryl methyl sites for hydroxylation is 1. The van der Waals surface area contributed by atoms with Crippen LogP contribution in [0, 0.1) is 0 Å². The Balaban J connectivity index is 0.00000264. The molecule has 0 aliphatic carbocycles. The third kappa shape index (κ3) is 3.71. The van der Waals surface area contributed by atoms with E-state index in [0.29, 0.717) is 19.5 Å². The van der Waals surface area contributed by atoms with Gasteiger partial charge in [0, 0.05) is 37.7 Å². The van der Waals surface area contributed by atoms with Crippen molar-refractivity contribution < 1.29 is 22.4 Å². The smallest absolute Gasteiger partial charge is 0.373 e. The molecule has 0 saturated carbocycles. The van der Waals surface area contributed by atoms with E-state index in [-0.39, 0.29) is 40.9 Å². The van der Waals surface area contributed by atoms with E-state index < -0.39 is 16.0 Å². The molecule has 1 aliphatic heterocycles. The predicted octanol–water partition coefficient (Wildman–Crippen LogP) is 1.42. The highest BCUT2D eigenvalue weighted by Crippen LogP contribution is 2.28. The van der Waals surface area contributed by atoms with Crippen LogP contribution in [-0.2, 0) is 21.2 Å². The van der Waals surface area contributed by atoms with Crippen LogP contribution in [0.5, 0.6) is 0 Å². The summed E-state index contributed by atoms with van der Waals surface area (Å²) in [6.07, 6.45) is 0.377. The molecule has 0 spiro atoms. The van der Waals surface area contributed by atoms with Gasteiger partial charge in [-0.1, -0.05) is 6.92 Å². The summed E-state index contributed by atoms with van der Waals surface area (Å²) in [5.41, 5.74) is 0. The van der Waals surface area contributed by atoms with Gasteiger partial charge in [-0.25, -0.2) is 13.2 Å². The molecule has 23 heavy (non-hydrogen) atoms. The van der Waals surface area contributed by atoms with Crippen LogP contribution in [0.2, 0.25) is 0 Å². The van der Waals surface area contributed by atoms with Gasteiger partial charge >= 0.3 is 5.97 Å². The van der Waals surface area contributed by atoms with Crippen LogP contribution in [0.4, 0.5) is 0 Å². The van der Waals surface area contributed by atoms with Gasteiger partial charge in [-0.3, -0.25) is 0 Å². The first kappa shape index (κ1) is 20.0. The maximum Gasteiger partial charge on any atom is 0.373 e. The third-order valence-electron chi connectivity index (χ3n) is 4.04. The second-order valence-corrected chi connectivity index (χ2v) is 7.20. The lowest BCUT2D eigenvalue weighted by atomic mass is 10.1. The Morgan fingerprint density at radius 3 is 2.70 bits per heavy atom. The molecule has 2 unspecified atom stereocenters. The van der Waals surface area contributed by atoms with Gasteiger partial charge in [0.05, 0.1) is 7.11 Å². The van der Waals surface area contributed by atoms with Crippen molar-refractivity contribution in [1.29, 1.82) is 0 Å². The summed E-state index contributed by atoms with van der Waals surface area (Å²) in [7, 11) is -2.49. The molecule has 2 heterocycles. The van der Waals surface area contributed by atoms with Gasteiger partial charge in [-0.15, -0.1) is 12.4 Å². The number of methoxy groups -OCH3 is 1. The molecule has 132 valence electrons. The molecule has 0 radical (unpaired) electrons. The monoisotopic (exact) mass is 366 g/mol. The first-order valence-electron chi connectivity index (χ1n) is 7.29. The molecule has 1 N–H and O–H groups in total. The number of hydrogen-bond donors (Lipinski definition) is 1. The fourth-order valence-electron chi connectivity index (χ4n) is 2.57. The molecular formula is C14H23ClN2O5S. The minimum absolute atomic E-state index is 0. The molecular weight excluding hydrogens is 344 g/mol. The first-order valence-corrected chi connectivity index (χ1v) is 8.73. The topological polar surface area (TPSA) is 88.8 Å². The number of ether oxygens (including phenoxy) is 1. The Bertz CT molecular complexity index is 658. The van der Waals surface area contributed by atoms with E-state index in [1.807, 2.05) is 13.8 Å². The molecule has 2 rings (SSSR count). The summed E-state index contributed by atoms with van der Waals surface area (Å²) < 4.78 is 37.3. The number of halogens is 1. The van der Waals surface area contributed by atoms with Gasteiger partial charge in [-0.2, -0.15) is 4.31 Å². The Morgan fingerprint density at radius 2 is 2.13 bits per heavy atom. The molecule has 1 aliphatic rings. The number of carbonyl (C=O) groups excluding carboxylic acids is 1. The highest BCUT2D eigenvalue weighted by molar-refractivity contribution is 7.89. The van der Waals surface area contributed by atoms with Crippen molar-refractivity contribution in [3.63, 3.8) is 0 Å². The molecule has 1 aromatic heterocycles. The van der Waals surface area contributed by atoms with Gasteiger partial charge in [0.1, 0.15) is 10.7 Å². The molecule has 1 saturated heterocycles. The fraction of sp³-hybridized carbons (Fsp3) is 0.643. The average Bonchev–Trinajstić information content (AvgIpc) is 2.94. The normalized spacial score (nSPS) is 22.4. The van der Waals surface area contributed by atoms with Crippen LogP contribution in [0.25, 0.3) is 0 Å². The largest absolute Gasteiger partial charge is 0.463 e. The summed E-state index contributed by atoms with van der Waals surface area (Å²) in [5.74, 6) is -0.495. The van der Waals surface area contributed by atoms with Gasteiger partial charge < -0.3 is 14.5 Å². The van der Waals surface area contributed by atoms with Gasteiger partial charge in [-0.05, 0) is 13.8 Å². The Labute approximate surface area is 142 Å². The summed E-state index contributed by atoms with van der Waals surface area (Å²) in [6.45, 7) is 6.57. The quantitative estimate of drug-likeness (QED) is 0.811. The van der Waals surface area contributed by atoms with E-state index in [0.717, 1.165) is 0 Å². The lowest BCUT2D eigenvalue weighted by molar-refractivity contribution is 0.0563. The number of nitrogens with zero attached hydrogens (tertiary/aromatic N) is 1. The highest BCUT2D eigenvalue weighted by Gasteiger charge is 2.37. The van der Waals surface area contributed by atoms with Crippen LogP contribution < -0.4 is 5.32 Å². The molecule has 9 heteroatoms. The number of rotatable bonds is 4. The molecule has 1 fully saturated rings. The van der Waals surface area contributed by atoms with E-state index in [9.17, 15) is 13.2 Å². The van der Waals surface area contributed by atoms with Crippen molar-refractivity contribution >= 4 is 28.4 Å². The minimum Gasteiger partial charge on any atom is -0.463 e. The number of carbonyl (C=O) groups is 1. The summed E-state index contributed by atoms with van der Waals surface area (Å²) in [4.78, 5) is 11.6. The minimum atomic E-state index is -3.72. The van der Waals surface area contributed by atoms with Crippen LogP contribution in [0.1, 0.15) is 37.1 Å². The summed E-state index contributed by atoms with van der Waals surface area (Å²) in [6, 6.07) is 1.14. The van der Waals surface area contributed by atoms with Crippen molar-refractivity contribution in [1.82, 2.24) is 9.62 Å². The fourth-order valence-corrected chi connectivity index (χ4v) is 4.50. The summed E-state index contributed by atoms with van der Waals surface area (Å²) in [5, 5.41) is 3.24. The second kappa shape index (κ2) is 7.65. The molecule has 7 nitrogen and oxygen atoms in total. The third-order valence-corrected chi connectivity index (χ3v) is 6.07. The van der Waals surface area contributed by atoms with Crippen molar-refractivity contribution in [2.45, 2.75) is 44.2 Å². The van der Waals surface area contributed by atoms with Crippen molar-refractivity contribution in [3.05, 3.63) is 17.6 Å². The van der Waals surface area contributed by atoms with E-state index in [2.05, 4.69) is 10.1 Å². The zero-order valence-electron chi connectivity index (χ0n) is 13.7. The van der Waals surface area contributed by atoms with E-state index in [4.69, 9.17) is 4.42 Å². The maximum absolute atomic E-state index is 12.9. The van der Waals surface area contributed by atoms with Gasteiger partial charge in [0.2, 0.25) is 15.8 Å².